The van der Waals surface area contributed by atoms with Crippen LogP contribution < -0.4 is 0 Å². The lowest BCUT2D eigenvalue weighted by atomic mass is 10.1. The van der Waals surface area contributed by atoms with E-state index in [0.717, 1.165) is 9.87 Å². The number of sulfonamides is 1. The lowest BCUT2D eigenvalue weighted by Crippen LogP contribution is -2.49. The van der Waals surface area contributed by atoms with Crippen molar-refractivity contribution in [2.45, 2.75) is 27.6 Å². The van der Waals surface area contributed by atoms with Gasteiger partial charge in [-0.2, -0.15) is 4.31 Å². The van der Waals surface area contributed by atoms with Gasteiger partial charge in [0, 0.05) is 13.1 Å². The zero-order valence-electron chi connectivity index (χ0n) is 15.9. The van der Waals surface area contributed by atoms with E-state index in [-0.39, 0.29) is 20.5 Å². The monoisotopic (exact) mass is 470 g/mol. The van der Waals surface area contributed by atoms with Crippen molar-refractivity contribution in [3.05, 3.63) is 64.5 Å². The molecule has 0 amide bonds. The van der Waals surface area contributed by atoms with Gasteiger partial charge in [0.05, 0.1) is 23.1 Å². The number of halogens is 1. The van der Waals surface area contributed by atoms with Gasteiger partial charge in [0.15, 0.2) is 15.5 Å². The van der Waals surface area contributed by atoms with E-state index >= 15 is 0 Å². The second-order valence-electron chi connectivity index (χ2n) is 7.13. The molecule has 0 unspecified atom stereocenters. The van der Waals surface area contributed by atoms with Gasteiger partial charge in [-0.1, -0.05) is 41.9 Å². The van der Waals surface area contributed by atoms with Crippen molar-refractivity contribution < 1.29 is 27.0 Å². The molecule has 3 rings (SSSR count). The van der Waals surface area contributed by atoms with Crippen molar-refractivity contribution in [2.24, 2.45) is 0 Å². The molecular weight excluding hydrogens is 452 g/mol. The highest BCUT2D eigenvalue weighted by Gasteiger charge is 2.55. The summed E-state index contributed by atoms with van der Waals surface area (Å²) in [5.41, 5.74) is -1.23. The summed E-state index contributed by atoms with van der Waals surface area (Å²) in [6, 6.07) is 9.40. The molecule has 30 heavy (non-hydrogen) atoms. The van der Waals surface area contributed by atoms with Crippen molar-refractivity contribution >= 4 is 37.1 Å². The average Bonchev–Trinajstić information content (AvgIpc) is 3.07. The van der Waals surface area contributed by atoms with Gasteiger partial charge in [0.1, 0.15) is 15.7 Å². The molecule has 1 fully saturated rings. The Labute approximate surface area is 180 Å². The molecule has 160 valence electrons. The minimum absolute atomic E-state index is 0.0245. The van der Waals surface area contributed by atoms with Gasteiger partial charge in [0.2, 0.25) is 10.0 Å². The number of hydrogen-bond acceptors (Lipinski definition) is 6. The van der Waals surface area contributed by atoms with Crippen LogP contribution in [0.5, 0.6) is 0 Å². The fourth-order valence-corrected chi connectivity index (χ4v) is 7.51. The van der Waals surface area contributed by atoms with Crippen LogP contribution in [-0.2, 0) is 19.9 Å². The Balaban J connectivity index is 2.02. The molecule has 2 atom stereocenters. The van der Waals surface area contributed by atoms with E-state index in [2.05, 4.69) is 4.85 Å². The third-order valence-electron chi connectivity index (χ3n) is 5.07. The first-order chi connectivity index (χ1) is 14.0. The highest BCUT2D eigenvalue weighted by atomic mass is 35.5. The molecule has 0 saturated carbocycles. The van der Waals surface area contributed by atoms with Crippen LogP contribution in [0.2, 0.25) is 5.02 Å². The smallest absolute Gasteiger partial charge is 0.244 e. The second kappa shape index (κ2) is 7.92. The SMILES string of the molecule is [C-]#[N+]c1ccc(S(=O)(=O)[C@H]2CN(S(=O)(=O)c3ccc(C)cc3Cl)C[C@@]2(O)CO)cc1. The van der Waals surface area contributed by atoms with Crippen LogP contribution in [-0.4, -0.2) is 61.9 Å². The lowest BCUT2D eigenvalue weighted by Gasteiger charge is -2.26. The standard InChI is InChI=1S/C19H19ClN2O6S2/c1-13-3-8-17(16(20)9-13)30(27,28)22-10-18(19(24,11-22)12-23)29(25,26)15-6-4-14(21-2)5-7-15/h3-9,18,23-24H,10-12H2,1H3/t18-,19+/m0/s1. The average molecular weight is 471 g/mol. The number of aryl methyl sites for hydroxylation is 1. The molecule has 1 saturated heterocycles. The molecular formula is C19H19ClN2O6S2. The van der Waals surface area contributed by atoms with Crippen LogP contribution in [0.15, 0.2) is 52.3 Å². The first-order valence-corrected chi connectivity index (χ1v) is 12.1. The van der Waals surface area contributed by atoms with Crippen molar-refractivity contribution in [3.63, 3.8) is 0 Å². The third kappa shape index (κ3) is 3.85. The fraction of sp³-hybridized carbons (Fsp3) is 0.316. The maximum Gasteiger partial charge on any atom is 0.244 e. The molecule has 2 aromatic carbocycles. The Morgan fingerprint density at radius 1 is 1.20 bits per heavy atom. The van der Waals surface area contributed by atoms with E-state index in [1.807, 2.05) is 0 Å². The summed E-state index contributed by atoms with van der Waals surface area (Å²) in [6.45, 7) is 6.57. The lowest BCUT2D eigenvalue weighted by molar-refractivity contribution is 0.00160. The zero-order chi connectivity index (χ0) is 22.3. The van der Waals surface area contributed by atoms with Gasteiger partial charge in [-0.25, -0.2) is 21.7 Å². The number of sulfone groups is 1. The third-order valence-corrected chi connectivity index (χ3v) is 9.63. The molecule has 2 aromatic rings. The predicted octanol–water partition coefficient (Wildman–Crippen LogP) is 1.77. The Kier molecular flexibility index (Phi) is 5.99. The van der Waals surface area contributed by atoms with Crippen LogP contribution in [0.4, 0.5) is 5.69 Å². The summed E-state index contributed by atoms with van der Waals surface area (Å²) in [4.78, 5) is 2.80. The highest BCUT2D eigenvalue weighted by molar-refractivity contribution is 7.92. The van der Waals surface area contributed by atoms with E-state index in [9.17, 15) is 27.0 Å². The van der Waals surface area contributed by atoms with Gasteiger partial charge in [-0.05, 0) is 24.6 Å². The summed E-state index contributed by atoms with van der Waals surface area (Å²) in [6.07, 6.45) is 0. The van der Waals surface area contributed by atoms with Gasteiger partial charge in [-0.3, -0.25) is 0 Å². The van der Waals surface area contributed by atoms with Crippen molar-refractivity contribution in [1.82, 2.24) is 4.31 Å². The summed E-state index contributed by atoms with van der Waals surface area (Å²) < 4.78 is 53.2. The van der Waals surface area contributed by atoms with Crippen LogP contribution in [0.25, 0.3) is 4.85 Å². The summed E-state index contributed by atoms with van der Waals surface area (Å²) in [7, 11) is -8.45. The summed E-state index contributed by atoms with van der Waals surface area (Å²) in [5, 5.41) is 18.9. The largest absolute Gasteiger partial charge is 0.393 e. The number of rotatable bonds is 5. The summed E-state index contributed by atoms with van der Waals surface area (Å²) >= 11 is 6.09. The molecule has 0 aliphatic carbocycles. The minimum Gasteiger partial charge on any atom is -0.393 e. The van der Waals surface area contributed by atoms with Crippen molar-refractivity contribution in [2.75, 3.05) is 19.7 Å². The van der Waals surface area contributed by atoms with Crippen LogP contribution in [0.3, 0.4) is 0 Å². The molecule has 0 spiro atoms. The van der Waals surface area contributed by atoms with E-state index in [1.54, 1.807) is 13.0 Å². The first kappa shape index (κ1) is 22.7. The topological polar surface area (TPSA) is 116 Å². The minimum atomic E-state index is -4.23. The first-order valence-electron chi connectivity index (χ1n) is 8.77. The number of benzene rings is 2. The Bertz CT molecular complexity index is 1220. The van der Waals surface area contributed by atoms with Gasteiger partial charge < -0.3 is 10.2 Å². The van der Waals surface area contributed by atoms with E-state index in [1.165, 1.54) is 36.4 Å². The molecule has 2 N–H and O–H groups in total. The molecule has 8 nitrogen and oxygen atoms in total. The Morgan fingerprint density at radius 2 is 1.83 bits per heavy atom. The molecule has 11 heteroatoms. The Hall–Kier alpha value is -2.00. The van der Waals surface area contributed by atoms with Crippen LogP contribution in [0.1, 0.15) is 5.56 Å². The quantitative estimate of drug-likeness (QED) is 0.643. The van der Waals surface area contributed by atoms with Gasteiger partial charge in [-0.15, -0.1) is 0 Å². The number of nitrogens with zero attached hydrogens (tertiary/aromatic N) is 2. The van der Waals surface area contributed by atoms with Gasteiger partial charge in [0.25, 0.3) is 0 Å². The van der Waals surface area contributed by atoms with E-state index in [0.29, 0.717) is 0 Å². The fourth-order valence-electron chi connectivity index (χ4n) is 3.38. The molecule has 1 aliphatic heterocycles. The number of aliphatic hydroxyl groups is 2. The molecule has 0 radical (unpaired) electrons. The highest BCUT2D eigenvalue weighted by Crippen LogP contribution is 2.36. The van der Waals surface area contributed by atoms with Crippen molar-refractivity contribution in [3.8, 4) is 0 Å². The van der Waals surface area contributed by atoms with Crippen molar-refractivity contribution in [1.29, 1.82) is 0 Å². The molecule has 0 bridgehead atoms. The number of hydrogen-bond donors (Lipinski definition) is 2. The zero-order valence-corrected chi connectivity index (χ0v) is 18.2. The number of aliphatic hydroxyl groups excluding tert-OH is 1. The predicted molar refractivity (Wildman–Crippen MR) is 111 cm³/mol. The number of β-amino-alcohol motifs (C(OH)–C–C–N with tert-alkyl or cyclic N) is 1. The second-order valence-corrected chi connectivity index (χ2v) is 11.6. The summed E-state index contributed by atoms with van der Waals surface area (Å²) in [5.74, 6) is 0. The molecule has 1 aliphatic rings. The molecule has 1 heterocycles. The van der Waals surface area contributed by atoms with E-state index in [4.69, 9.17) is 18.2 Å². The Morgan fingerprint density at radius 3 is 2.37 bits per heavy atom. The van der Waals surface area contributed by atoms with Gasteiger partial charge >= 0.3 is 0 Å². The molecule has 0 aromatic heterocycles. The normalized spacial score (nSPS) is 22.7. The maximum atomic E-state index is 13.1. The maximum absolute atomic E-state index is 13.1. The van der Waals surface area contributed by atoms with Crippen LogP contribution in [0, 0.1) is 13.5 Å². The van der Waals surface area contributed by atoms with Crippen LogP contribution >= 0.6 is 11.6 Å². The van der Waals surface area contributed by atoms with E-state index < -0.39 is 50.4 Å².